The van der Waals surface area contributed by atoms with Crippen molar-refractivity contribution in [1.82, 2.24) is 4.90 Å². The fourth-order valence-corrected chi connectivity index (χ4v) is 5.11. The Balaban J connectivity index is 1.51. The molecule has 0 fully saturated rings. The summed E-state index contributed by atoms with van der Waals surface area (Å²) in [5.41, 5.74) is 4.78. The molecule has 0 saturated carbocycles. The molecule has 4 rings (SSSR count). The molecule has 0 atom stereocenters. The van der Waals surface area contributed by atoms with Gasteiger partial charge in [-0.1, -0.05) is 54.6 Å². The van der Waals surface area contributed by atoms with Crippen molar-refractivity contribution < 1.29 is 18.0 Å². The van der Waals surface area contributed by atoms with Crippen molar-refractivity contribution in [2.24, 2.45) is 0 Å². The quantitative estimate of drug-likeness (QED) is 0.412. The van der Waals surface area contributed by atoms with Gasteiger partial charge in [0.05, 0.1) is 21.8 Å². The van der Waals surface area contributed by atoms with Crippen LogP contribution in [0.25, 0.3) is 12.2 Å². The smallest absolute Gasteiger partial charge is 0.261 e. The van der Waals surface area contributed by atoms with Gasteiger partial charge in [0.2, 0.25) is 0 Å². The standard InChI is InChI=1S/C26H23NO4S/c1-18-7-5-8-19(2)22(18)14-13-20-9-6-10-21(17-20)32(30,31)16-15-27-25(28)23-11-3-4-12-24(23)26(27)29/h3-14,17H,15-16H2,1-2H3. The summed E-state index contributed by atoms with van der Waals surface area (Å²) < 4.78 is 25.9. The Morgan fingerprint density at radius 3 is 2.00 bits per heavy atom. The van der Waals surface area contributed by atoms with E-state index < -0.39 is 21.7 Å². The van der Waals surface area contributed by atoms with Gasteiger partial charge in [0.25, 0.3) is 11.8 Å². The van der Waals surface area contributed by atoms with E-state index in [1.165, 1.54) is 6.07 Å². The molecule has 1 aliphatic heterocycles. The lowest BCUT2D eigenvalue weighted by Crippen LogP contribution is -2.34. The van der Waals surface area contributed by atoms with E-state index in [4.69, 9.17) is 0 Å². The number of hydrogen-bond acceptors (Lipinski definition) is 4. The SMILES string of the molecule is Cc1cccc(C)c1C=Cc1cccc(S(=O)(=O)CCN2C(=O)c3ccccc3C2=O)c1. The number of fused-ring (bicyclic) bond motifs is 1. The van der Waals surface area contributed by atoms with Gasteiger partial charge >= 0.3 is 0 Å². The average Bonchev–Trinajstić information content (AvgIpc) is 3.02. The first-order valence-electron chi connectivity index (χ1n) is 10.3. The summed E-state index contributed by atoms with van der Waals surface area (Å²) in [7, 11) is -3.68. The summed E-state index contributed by atoms with van der Waals surface area (Å²) in [6, 6.07) is 19.3. The maximum Gasteiger partial charge on any atom is 0.261 e. The van der Waals surface area contributed by atoms with Crippen LogP contribution in [0.2, 0.25) is 0 Å². The van der Waals surface area contributed by atoms with Crippen molar-refractivity contribution in [1.29, 1.82) is 0 Å². The van der Waals surface area contributed by atoms with Crippen molar-refractivity contribution in [2.45, 2.75) is 18.7 Å². The van der Waals surface area contributed by atoms with Crippen LogP contribution in [0.1, 0.15) is 43.0 Å². The van der Waals surface area contributed by atoms with Gasteiger partial charge in [-0.05, 0) is 60.4 Å². The third kappa shape index (κ3) is 4.14. The minimum atomic E-state index is -3.68. The summed E-state index contributed by atoms with van der Waals surface area (Å²) in [5.74, 6) is -1.24. The molecule has 162 valence electrons. The number of hydrogen-bond donors (Lipinski definition) is 0. The molecule has 0 bridgehead atoms. The van der Waals surface area contributed by atoms with Gasteiger partial charge < -0.3 is 0 Å². The van der Waals surface area contributed by atoms with Gasteiger partial charge in [0.1, 0.15) is 0 Å². The molecular formula is C26H23NO4S. The summed E-state index contributed by atoms with van der Waals surface area (Å²) in [4.78, 5) is 26.2. The third-order valence-electron chi connectivity index (χ3n) is 5.66. The largest absolute Gasteiger partial charge is 0.273 e. The Morgan fingerprint density at radius 1 is 0.781 bits per heavy atom. The predicted octanol–water partition coefficient (Wildman–Crippen LogP) is 4.54. The lowest BCUT2D eigenvalue weighted by Gasteiger charge is -2.14. The topological polar surface area (TPSA) is 71.5 Å². The highest BCUT2D eigenvalue weighted by molar-refractivity contribution is 7.91. The molecule has 2 amide bonds. The normalized spacial score (nSPS) is 13.8. The first-order chi connectivity index (χ1) is 15.3. The molecule has 0 saturated heterocycles. The number of amides is 2. The summed E-state index contributed by atoms with van der Waals surface area (Å²) in [6.45, 7) is 3.89. The molecule has 32 heavy (non-hydrogen) atoms. The molecule has 0 N–H and O–H groups in total. The van der Waals surface area contributed by atoms with Crippen molar-refractivity contribution >= 4 is 33.8 Å². The number of benzene rings is 3. The van der Waals surface area contributed by atoms with E-state index in [0.717, 1.165) is 27.2 Å². The molecule has 6 heteroatoms. The van der Waals surface area contributed by atoms with Crippen LogP contribution in [0.15, 0.2) is 71.6 Å². The monoisotopic (exact) mass is 445 g/mol. The molecule has 3 aromatic carbocycles. The second-order valence-electron chi connectivity index (χ2n) is 7.84. The van der Waals surface area contributed by atoms with Crippen LogP contribution < -0.4 is 0 Å². The second kappa shape index (κ2) is 8.55. The minimum absolute atomic E-state index is 0.165. The van der Waals surface area contributed by atoms with Crippen LogP contribution >= 0.6 is 0 Å². The highest BCUT2D eigenvalue weighted by atomic mass is 32.2. The highest BCUT2D eigenvalue weighted by Crippen LogP contribution is 2.23. The zero-order chi connectivity index (χ0) is 22.9. The van der Waals surface area contributed by atoms with Crippen LogP contribution in [0.3, 0.4) is 0 Å². The van der Waals surface area contributed by atoms with Gasteiger partial charge in [-0.15, -0.1) is 0 Å². The van der Waals surface area contributed by atoms with Crippen molar-refractivity contribution in [3.63, 3.8) is 0 Å². The van der Waals surface area contributed by atoms with Gasteiger partial charge in [0.15, 0.2) is 9.84 Å². The molecule has 0 unspecified atom stereocenters. The van der Waals surface area contributed by atoms with E-state index in [0.29, 0.717) is 11.1 Å². The van der Waals surface area contributed by atoms with E-state index in [9.17, 15) is 18.0 Å². The van der Waals surface area contributed by atoms with E-state index in [1.54, 1.807) is 36.4 Å². The molecular weight excluding hydrogens is 422 g/mol. The number of imide groups is 1. The Morgan fingerprint density at radius 2 is 1.38 bits per heavy atom. The highest BCUT2D eigenvalue weighted by Gasteiger charge is 2.35. The summed E-state index contributed by atoms with van der Waals surface area (Å²) in [5, 5.41) is 0. The Hall–Kier alpha value is -3.51. The van der Waals surface area contributed by atoms with Crippen molar-refractivity contribution in [3.05, 3.63) is 100 Å². The molecule has 0 radical (unpaired) electrons. The third-order valence-corrected chi connectivity index (χ3v) is 7.36. The van der Waals surface area contributed by atoms with Crippen LogP contribution in [0.4, 0.5) is 0 Å². The van der Waals surface area contributed by atoms with Crippen LogP contribution in [-0.2, 0) is 9.84 Å². The van der Waals surface area contributed by atoms with E-state index >= 15 is 0 Å². The fraction of sp³-hybridized carbons (Fsp3) is 0.154. The zero-order valence-electron chi connectivity index (χ0n) is 17.9. The van der Waals surface area contributed by atoms with Crippen LogP contribution in [0.5, 0.6) is 0 Å². The second-order valence-corrected chi connectivity index (χ2v) is 9.95. The predicted molar refractivity (Wildman–Crippen MR) is 125 cm³/mol. The van der Waals surface area contributed by atoms with Gasteiger partial charge in [-0.2, -0.15) is 0 Å². The number of sulfone groups is 1. The van der Waals surface area contributed by atoms with E-state index in [2.05, 4.69) is 0 Å². The van der Waals surface area contributed by atoms with Gasteiger partial charge in [-0.25, -0.2) is 8.42 Å². The van der Waals surface area contributed by atoms with E-state index in [-0.39, 0.29) is 17.2 Å². The van der Waals surface area contributed by atoms with Crippen LogP contribution in [0, 0.1) is 13.8 Å². The first kappa shape index (κ1) is 21.7. The zero-order valence-corrected chi connectivity index (χ0v) is 18.7. The number of carbonyl (C=O) groups excluding carboxylic acids is 2. The molecule has 0 spiro atoms. The molecule has 1 heterocycles. The summed E-state index contributed by atoms with van der Waals surface area (Å²) in [6.07, 6.45) is 3.87. The molecule has 5 nitrogen and oxygen atoms in total. The van der Waals surface area contributed by atoms with Crippen LogP contribution in [-0.4, -0.2) is 37.4 Å². The molecule has 1 aliphatic rings. The van der Waals surface area contributed by atoms with Gasteiger partial charge in [-0.3, -0.25) is 14.5 Å². The van der Waals surface area contributed by atoms with Crippen molar-refractivity contribution in [3.8, 4) is 0 Å². The Kier molecular flexibility index (Phi) is 5.80. The lowest BCUT2D eigenvalue weighted by atomic mass is 10.0. The van der Waals surface area contributed by atoms with E-state index in [1.807, 2.05) is 50.3 Å². The Labute approximate surface area is 187 Å². The molecule has 3 aromatic rings. The summed E-state index contributed by atoms with van der Waals surface area (Å²) >= 11 is 0. The average molecular weight is 446 g/mol. The number of nitrogens with zero attached hydrogens (tertiary/aromatic N) is 1. The maximum absolute atomic E-state index is 12.9. The lowest BCUT2D eigenvalue weighted by molar-refractivity contribution is 0.0664. The molecule has 0 aliphatic carbocycles. The number of rotatable bonds is 6. The van der Waals surface area contributed by atoms with Gasteiger partial charge in [0, 0.05) is 6.54 Å². The number of aryl methyl sites for hydroxylation is 2. The first-order valence-corrected chi connectivity index (χ1v) is 12.0. The fourth-order valence-electron chi connectivity index (χ4n) is 3.85. The minimum Gasteiger partial charge on any atom is -0.273 e. The Bertz CT molecular complexity index is 1300. The number of carbonyl (C=O) groups is 2. The van der Waals surface area contributed by atoms with Crippen molar-refractivity contribution in [2.75, 3.05) is 12.3 Å². The maximum atomic E-state index is 12.9. The molecule has 0 aromatic heterocycles.